The average Bonchev–Trinajstić information content (AvgIpc) is 4.26. The summed E-state index contributed by atoms with van der Waals surface area (Å²) in [5, 5.41) is 32.5. The standard InChI is InChI=1S/C57H62ClN13O3/c1-27-15-45-34(9-7-11-36(27)37-20-39(37)48-23-52(69-66-48)63-56(73)31(5)44-19-35-10-8-12-42(58)29(3)16-46(35)60-44)18-43(59-45)30(4)55(72)64-53-24-49(67-70-53)40-21-38(40)41-25-71-26-50(61-54(71)17-28(41)2)32(6)57(74)62-51-22-47(65-68-51)33-13-14-33/h11-12,15-19,22-26,30-35,37-40H,7-10,13-14,20-21H2,1-6H3,(H2,62,65,68,74)(H2,63,66,69,73)(H2,64,67,70,72)/b27-15?,29-16-,36-11?,42-12+/t30?,31-,32+,34?,35?,37?,38?,39?,40?/m1/s1. The topological polar surface area (TPSA) is 215 Å². The molecule has 6 N–H and O–H groups in total. The van der Waals surface area contributed by atoms with Crippen LogP contribution in [0.1, 0.15) is 149 Å². The second kappa shape index (κ2) is 18.9. The molecule has 7 unspecified atom stereocenters. The number of nitrogens with zero attached hydrogens (tertiary/aromatic N) is 7. The molecule has 2 aliphatic heterocycles. The van der Waals surface area contributed by atoms with Crippen molar-refractivity contribution in [1.82, 2.24) is 40.0 Å². The lowest BCUT2D eigenvalue weighted by Crippen LogP contribution is -2.21. The van der Waals surface area contributed by atoms with Crippen LogP contribution >= 0.6 is 11.6 Å². The monoisotopic (exact) mass is 1010 g/mol. The second-order valence-electron chi connectivity index (χ2n) is 21.8. The van der Waals surface area contributed by atoms with Crippen molar-refractivity contribution in [2.45, 2.75) is 122 Å². The van der Waals surface area contributed by atoms with E-state index in [1.807, 2.05) is 62.6 Å². The molecule has 7 aliphatic rings. The van der Waals surface area contributed by atoms with E-state index in [1.165, 1.54) is 16.7 Å². The summed E-state index contributed by atoms with van der Waals surface area (Å²) in [6.45, 7) is 11.9. The molecule has 5 aliphatic carbocycles. The van der Waals surface area contributed by atoms with Gasteiger partial charge >= 0.3 is 0 Å². The van der Waals surface area contributed by atoms with Crippen molar-refractivity contribution in [2.24, 2.45) is 39.6 Å². The van der Waals surface area contributed by atoms with Crippen molar-refractivity contribution < 1.29 is 14.4 Å². The first-order valence-electron chi connectivity index (χ1n) is 26.3. The maximum Gasteiger partial charge on any atom is 0.234 e. The molecule has 17 heteroatoms. The highest BCUT2D eigenvalue weighted by atomic mass is 35.5. The molecule has 380 valence electrons. The largest absolute Gasteiger partial charge is 0.309 e. The van der Waals surface area contributed by atoms with Gasteiger partial charge < -0.3 is 20.4 Å². The molecule has 0 radical (unpaired) electrons. The second-order valence-corrected chi connectivity index (χ2v) is 22.2. The van der Waals surface area contributed by atoms with Gasteiger partial charge in [0.1, 0.15) is 5.65 Å². The highest BCUT2D eigenvalue weighted by molar-refractivity contribution is 6.32. The summed E-state index contributed by atoms with van der Waals surface area (Å²) in [5.41, 5.74) is 13.9. The molecule has 3 fully saturated rings. The van der Waals surface area contributed by atoms with Crippen molar-refractivity contribution in [2.75, 3.05) is 16.0 Å². The van der Waals surface area contributed by atoms with Crippen LogP contribution in [0.15, 0.2) is 116 Å². The van der Waals surface area contributed by atoms with Crippen LogP contribution in [0.25, 0.3) is 5.65 Å². The zero-order valence-corrected chi connectivity index (χ0v) is 43.3. The Kier molecular flexibility index (Phi) is 12.2. The van der Waals surface area contributed by atoms with Crippen LogP contribution in [-0.2, 0) is 14.4 Å². The Bertz CT molecular complexity index is 3400. The normalized spacial score (nSPS) is 26.8. The third-order valence-electron chi connectivity index (χ3n) is 16.3. The van der Waals surface area contributed by atoms with Gasteiger partial charge in [0, 0.05) is 105 Å². The van der Waals surface area contributed by atoms with E-state index in [2.05, 4.69) is 103 Å². The highest BCUT2D eigenvalue weighted by Gasteiger charge is 2.44. The number of fused-ring (bicyclic) bond motifs is 3. The van der Waals surface area contributed by atoms with E-state index in [9.17, 15) is 14.4 Å². The molecule has 0 spiro atoms. The van der Waals surface area contributed by atoms with Gasteiger partial charge in [0.05, 0.1) is 23.4 Å². The lowest BCUT2D eigenvalue weighted by Gasteiger charge is -2.15. The average molecular weight is 1010 g/mol. The lowest BCUT2D eigenvalue weighted by molar-refractivity contribution is -0.119. The number of carbonyl (C=O) groups is 3. The lowest BCUT2D eigenvalue weighted by atomic mass is 9.89. The first-order chi connectivity index (χ1) is 35.7. The molecule has 3 amide bonds. The van der Waals surface area contributed by atoms with Crippen LogP contribution in [0.2, 0.25) is 0 Å². The van der Waals surface area contributed by atoms with Crippen molar-refractivity contribution in [1.29, 1.82) is 0 Å². The van der Waals surface area contributed by atoms with Gasteiger partial charge in [0.2, 0.25) is 17.7 Å². The Morgan fingerprint density at radius 1 is 0.635 bits per heavy atom. The van der Waals surface area contributed by atoms with Gasteiger partial charge in [-0.3, -0.25) is 39.7 Å². The predicted octanol–water partition coefficient (Wildman–Crippen LogP) is 11.1. The fourth-order valence-electron chi connectivity index (χ4n) is 11.3. The maximum atomic E-state index is 13.7. The first-order valence-corrected chi connectivity index (χ1v) is 26.7. The Hall–Kier alpha value is -7.20. The summed E-state index contributed by atoms with van der Waals surface area (Å²) in [5.74, 6) is 1.75. The quantitative estimate of drug-likeness (QED) is 0.0632. The summed E-state index contributed by atoms with van der Waals surface area (Å²) in [6, 6.07) is 7.92. The number of aliphatic imine (C=N–C) groups is 2. The van der Waals surface area contributed by atoms with E-state index >= 15 is 0 Å². The number of hydrogen-bond acceptors (Lipinski definition) is 9. The summed E-state index contributed by atoms with van der Waals surface area (Å²) < 4.78 is 2.02. The zero-order valence-electron chi connectivity index (χ0n) is 42.6. The Morgan fingerprint density at radius 3 is 1.77 bits per heavy atom. The van der Waals surface area contributed by atoms with Crippen molar-refractivity contribution in [3.8, 4) is 0 Å². The third-order valence-corrected chi connectivity index (χ3v) is 16.8. The molecule has 5 aromatic rings. The van der Waals surface area contributed by atoms with Crippen molar-refractivity contribution in [3.63, 3.8) is 0 Å². The van der Waals surface area contributed by atoms with Gasteiger partial charge in [-0.2, -0.15) is 15.3 Å². The van der Waals surface area contributed by atoms with Crippen LogP contribution in [-0.4, -0.2) is 69.1 Å². The SMILES string of the molecule is CC1=CC2=NC(C(C)C(=O)Nc3cc(C4CC4c4cn5cc([C@H](C)C(=O)Nc6cc(C7CC7)[nH]n6)nc5cc4C)[nH]n3)=CC2CCC=C1C1CC1c1cc(NC(=O)[C@H](C)C2=CC3CC/C=C(Cl)\C(C)=C/C3=N2)n[nH]1. The molecule has 0 saturated heterocycles. The predicted molar refractivity (Wildman–Crippen MR) is 287 cm³/mol. The van der Waals surface area contributed by atoms with E-state index in [1.54, 1.807) is 0 Å². The summed E-state index contributed by atoms with van der Waals surface area (Å²) >= 11 is 6.40. The molecule has 7 heterocycles. The Balaban J connectivity index is 0.634. The number of aromatic nitrogens is 8. The molecule has 5 aromatic heterocycles. The molecular weight excluding hydrogens is 950 g/mol. The number of hydrogen-bond donors (Lipinski definition) is 6. The van der Waals surface area contributed by atoms with Gasteiger partial charge in [-0.1, -0.05) is 35.9 Å². The number of aryl methyl sites for hydroxylation is 1. The number of carbonyl (C=O) groups excluding carboxylic acids is 3. The van der Waals surface area contributed by atoms with Crippen LogP contribution < -0.4 is 16.0 Å². The van der Waals surface area contributed by atoms with Crippen LogP contribution in [0, 0.1) is 36.5 Å². The van der Waals surface area contributed by atoms with Gasteiger partial charge in [-0.25, -0.2) is 4.98 Å². The Labute approximate surface area is 434 Å². The van der Waals surface area contributed by atoms with Gasteiger partial charge in [-0.15, -0.1) is 0 Å². The number of H-pyrrole nitrogens is 3. The molecule has 9 atom stereocenters. The third kappa shape index (κ3) is 9.48. The number of allylic oxidation sites excluding steroid dienone is 10. The van der Waals surface area contributed by atoms with E-state index in [4.69, 9.17) is 26.6 Å². The molecule has 0 aromatic carbocycles. The number of imidazole rings is 1. The summed E-state index contributed by atoms with van der Waals surface area (Å²) in [4.78, 5) is 55.1. The Morgan fingerprint density at radius 2 is 1.16 bits per heavy atom. The molecule has 74 heavy (non-hydrogen) atoms. The van der Waals surface area contributed by atoms with Gasteiger partial charge in [-0.05, 0) is 151 Å². The fraction of sp³-hybridized carbons (Fsp3) is 0.421. The van der Waals surface area contributed by atoms with Crippen molar-refractivity contribution >= 4 is 63.8 Å². The van der Waals surface area contributed by atoms with Crippen molar-refractivity contribution in [3.05, 3.63) is 140 Å². The minimum atomic E-state index is -0.467. The van der Waals surface area contributed by atoms with Crippen LogP contribution in [0.4, 0.5) is 17.5 Å². The molecule has 16 nitrogen and oxygen atoms in total. The highest BCUT2D eigenvalue weighted by Crippen LogP contribution is 2.56. The van der Waals surface area contributed by atoms with Crippen LogP contribution in [0.3, 0.4) is 0 Å². The smallest absolute Gasteiger partial charge is 0.234 e. The van der Waals surface area contributed by atoms with E-state index < -0.39 is 17.8 Å². The van der Waals surface area contributed by atoms with E-state index in [-0.39, 0.29) is 47.3 Å². The number of nitrogens with one attached hydrogen (secondary N) is 6. The summed E-state index contributed by atoms with van der Waals surface area (Å²) in [7, 11) is 0. The van der Waals surface area contributed by atoms with Gasteiger partial charge in [0.15, 0.2) is 17.5 Å². The fourth-order valence-corrected chi connectivity index (χ4v) is 11.5. The number of rotatable bonds is 14. The molecule has 12 rings (SSSR count). The molecule has 3 saturated carbocycles. The molecule has 0 bridgehead atoms. The minimum absolute atomic E-state index is 0.139. The number of pyridine rings is 1. The number of amides is 3. The van der Waals surface area contributed by atoms with Gasteiger partial charge in [0.25, 0.3) is 0 Å². The number of halogens is 1. The maximum absolute atomic E-state index is 13.7. The summed E-state index contributed by atoms with van der Waals surface area (Å²) in [6.07, 6.45) is 24.9. The van der Waals surface area contributed by atoms with E-state index in [0.29, 0.717) is 35.0 Å². The number of anilines is 3. The minimum Gasteiger partial charge on any atom is -0.309 e. The first kappa shape index (κ1) is 47.8. The van der Waals surface area contributed by atoms with Crippen LogP contribution in [0.5, 0.6) is 0 Å². The van der Waals surface area contributed by atoms with E-state index in [0.717, 1.165) is 113 Å². The molecular formula is C57H62ClN13O3. The zero-order chi connectivity index (χ0) is 51.1. The number of aromatic amines is 3.